The minimum Gasteiger partial charge on any atom is -0.493 e. The highest BCUT2D eigenvalue weighted by molar-refractivity contribution is 5.80. The van der Waals surface area contributed by atoms with Crippen molar-refractivity contribution in [2.45, 2.75) is 25.2 Å². The lowest BCUT2D eigenvalue weighted by molar-refractivity contribution is 0.181. The molecule has 147 valence electrons. The smallest absolute Gasteiger partial charge is 0.169 e. The van der Waals surface area contributed by atoms with Gasteiger partial charge in [-0.15, -0.1) is 0 Å². The highest BCUT2D eigenvalue weighted by atomic mass is 19.1. The Morgan fingerprint density at radius 3 is 2.96 bits per heavy atom. The standard InChI is InChI=1S/C22H24FN2O3/c1-26-20-5-2-3-6-21(20)27-14-4-11-25-12-9-16(10-13-25)22-18-8-7-17(23)15-19(18)24-28-22/h2-3,5,7-8,15-16H,4,9-14H2,1H3. The van der Waals surface area contributed by atoms with E-state index in [0.717, 1.165) is 50.0 Å². The first-order valence-corrected chi connectivity index (χ1v) is 9.69. The molecule has 1 radical (unpaired) electrons. The number of piperidine rings is 1. The molecule has 1 aliphatic heterocycles. The van der Waals surface area contributed by atoms with Crippen molar-refractivity contribution in [3.63, 3.8) is 0 Å². The SMILES string of the molecule is COc1ccc[c]c1OCCCN1CCC(c2onc3cc(F)ccc23)CC1. The Balaban J connectivity index is 1.24. The first kappa shape index (κ1) is 18.7. The van der Waals surface area contributed by atoms with Crippen LogP contribution in [0.3, 0.4) is 0 Å². The van der Waals surface area contributed by atoms with Crippen molar-refractivity contribution in [2.24, 2.45) is 0 Å². The van der Waals surface area contributed by atoms with E-state index in [1.165, 1.54) is 12.1 Å². The Kier molecular flexibility index (Phi) is 5.76. The molecule has 0 amide bonds. The number of halogens is 1. The fourth-order valence-electron chi connectivity index (χ4n) is 3.79. The number of methoxy groups -OCH3 is 1. The number of fused-ring (bicyclic) bond motifs is 1. The summed E-state index contributed by atoms with van der Waals surface area (Å²) in [6.45, 7) is 3.64. The minimum atomic E-state index is -0.282. The molecule has 0 spiro atoms. The number of aromatic nitrogens is 1. The number of likely N-dealkylation sites (tertiary alicyclic amines) is 1. The third-order valence-corrected chi connectivity index (χ3v) is 5.29. The Hall–Kier alpha value is -2.60. The van der Waals surface area contributed by atoms with Crippen molar-refractivity contribution in [3.8, 4) is 11.5 Å². The zero-order valence-corrected chi connectivity index (χ0v) is 16.0. The van der Waals surface area contributed by atoms with Crippen LogP contribution in [-0.4, -0.2) is 43.4 Å². The van der Waals surface area contributed by atoms with E-state index in [1.807, 2.05) is 18.2 Å². The van der Waals surface area contributed by atoms with Gasteiger partial charge in [-0.2, -0.15) is 0 Å². The van der Waals surface area contributed by atoms with Gasteiger partial charge in [0.1, 0.15) is 17.1 Å². The first-order valence-electron chi connectivity index (χ1n) is 9.69. The molecule has 0 atom stereocenters. The molecule has 0 saturated carbocycles. The van der Waals surface area contributed by atoms with Gasteiger partial charge in [0.15, 0.2) is 11.5 Å². The number of rotatable bonds is 7. The lowest BCUT2D eigenvalue weighted by Crippen LogP contribution is -2.34. The third-order valence-electron chi connectivity index (χ3n) is 5.29. The van der Waals surface area contributed by atoms with Crippen molar-refractivity contribution < 1.29 is 18.4 Å². The summed E-state index contributed by atoms with van der Waals surface area (Å²) in [5, 5.41) is 4.95. The Labute approximate surface area is 164 Å². The molecule has 0 bridgehead atoms. The van der Waals surface area contributed by atoms with Crippen LogP contribution in [0.15, 0.2) is 40.9 Å². The summed E-state index contributed by atoms with van der Waals surface area (Å²) in [5.41, 5.74) is 0.600. The summed E-state index contributed by atoms with van der Waals surface area (Å²) in [4.78, 5) is 2.45. The van der Waals surface area contributed by atoms with E-state index in [4.69, 9.17) is 14.0 Å². The highest BCUT2D eigenvalue weighted by Crippen LogP contribution is 2.33. The van der Waals surface area contributed by atoms with Gasteiger partial charge in [0.05, 0.1) is 13.7 Å². The summed E-state index contributed by atoms with van der Waals surface area (Å²) < 4.78 is 29.9. The first-order chi connectivity index (χ1) is 13.7. The quantitative estimate of drug-likeness (QED) is 0.565. The molecule has 1 fully saturated rings. The minimum absolute atomic E-state index is 0.282. The molecule has 0 aliphatic carbocycles. The Morgan fingerprint density at radius 2 is 2.14 bits per heavy atom. The van der Waals surface area contributed by atoms with Crippen LogP contribution < -0.4 is 9.47 Å². The normalized spacial score (nSPS) is 15.8. The van der Waals surface area contributed by atoms with Gasteiger partial charge in [0, 0.05) is 30.0 Å². The molecule has 6 heteroatoms. The lowest BCUT2D eigenvalue weighted by atomic mass is 9.92. The number of benzene rings is 2. The van der Waals surface area contributed by atoms with E-state index in [0.29, 0.717) is 29.5 Å². The molecular formula is C22H24FN2O3. The lowest BCUT2D eigenvalue weighted by Gasteiger charge is -2.30. The van der Waals surface area contributed by atoms with E-state index in [9.17, 15) is 4.39 Å². The van der Waals surface area contributed by atoms with Crippen LogP contribution in [0.5, 0.6) is 11.5 Å². The van der Waals surface area contributed by atoms with Gasteiger partial charge in [-0.1, -0.05) is 17.3 Å². The molecule has 4 rings (SSSR count). The average molecular weight is 383 g/mol. The van der Waals surface area contributed by atoms with E-state index in [-0.39, 0.29) is 5.82 Å². The highest BCUT2D eigenvalue weighted by Gasteiger charge is 2.25. The summed E-state index contributed by atoms with van der Waals surface area (Å²) in [7, 11) is 1.63. The van der Waals surface area contributed by atoms with Gasteiger partial charge in [-0.05, 0) is 50.6 Å². The van der Waals surface area contributed by atoms with Crippen LogP contribution in [0, 0.1) is 11.9 Å². The molecule has 2 aromatic carbocycles. The van der Waals surface area contributed by atoms with Crippen LogP contribution in [0.1, 0.15) is 30.9 Å². The molecule has 2 heterocycles. The van der Waals surface area contributed by atoms with E-state index in [1.54, 1.807) is 13.2 Å². The van der Waals surface area contributed by atoms with Crippen LogP contribution in [0.2, 0.25) is 0 Å². The fourth-order valence-corrected chi connectivity index (χ4v) is 3.79. The zero-order valence-electron chi connectivity index (χ0n) is 16.0. The van der Waals surface area contributed by atoms with Gasteiger partial charge < -0.3 is 18.9 Å². The van der Waals surface area contributed by atoms with Crippen LogP contribution in [-0.2, 0) is 0 Å². The monoisotopic (exact) mass is 383 g/mol. The van der Waals surface area contributed by atoms with E-state index < -0.39 is 0 Å². The molecule has 1 saturated heterocycles. The Morgan fingerprint density at radius 1 is 1.29 bits per heavy atom. The molecule has 0 N–H and O–H groups in total. The number of ether oxygens (including phenoxy) is 2. The van der Waals surface area contributed by atoms with Crippen LogP contribution >= 0.6 is 0 Å². The third kappa shape index (κ3) is 4.12. The largest absolute Gasteiger partial charge is 0.493 e. The topological polar surface area (TPSA) is 47.7 Å². The summed E-state index contributed by atoms with van der Waals surface area (Å²) in [6, 6.07) is 13.3. The zero-order chi connectivity index (χ0) is 19.3. The van der Waals surface area contributed by atoms with Gasteiger partial charge >= 0.3 is 0 Å². The molecule has 1 aliphatic rings. The number of hydrogen-bond acceptors (Lipinski definition) is 5. The van der Waals surface area contributed by atoms with Crippen molar-refractivity contribution in [3.05, 3.63) is 54.0 Å². The predicted octanol–water partition coefficient (Wildman–Crippen LogP) is 4.42. The second-order valence-corrected chi connectivity index (χ2v) is 7.09. The second-order valence-electron chi connectivity index (χ2n) is 7.09. The number of para-hydroxylation sites is 1. The molecule has 28 heavy (non-hydrogen) atoms. The van der Waals surface area contributed by atoms with Crippen molar-refractivity contribution in [1.29, 1.82) is 0 Å². The predicted molar refractivity (Wildman–Crippen MR) is 104 cm³/mol. The van der Waals surface area contributed by atoms with Crippen molar-refractivity contribution in [2.75, 3.05) is 33.4 Å². The molecule has 0 unspecified atom stereocenters. The molecular weight excluding hydrogens is 359 g/mol. The fraction of sp³-hybridized carbons (Fsp3) is 0.409. The molecule has 1 aromatic heterocycles. The second kappa shape index (κ2) is 8.61. The van der Waals surface area contributed by atoms with E-state index >= 15 is 0 Å². The van der Waals surface area contributed by atoms with Crippen molar-refractivity contribution in [1.82, 2.24) is 10.1 Å². The maximum Gasteiger partial charge on any atom is 0.169 e. The summed E-state index contributed by atoms with van der Waals surface area (Å²) in [6.07, 6.45) is 2.98. The van der Waals surface area contributed by atoms with Crippen LogP contribution in [0.25, 0.3) is 10.9 Å². The van der Waals surface area contributed by atoms with Crippen LogP contribution in [0.4, 0.5) is 4.39 Å². The van der Waals surface area contributed by atoms with Gasteiger partial charge in [0.2, 0.25) is 0 Å². The van der Waals surface area contributed by atoms with Crippen molar-refractivity contribution >= 4 is 10.9 Å². The molecule has 3 aromatic rings. The van der Waals surface area contributed by atoms with Gasteiger partial charge in [-0.25, -0.2) is 4.39 Å². The summed E-state index contributed by atoms with van der Waals surface area (Å²) >= 11 is 0. The summed E-state index contributed by atoms with van der Waals surface area (Å²) in [5.74, 6) is 2.32. The van der Waals surface area contributed by atoms with E-state index in [2.05, 4.69) is 16.1 Å². The molecule has 5 nitrogen and oxygen atoms in total. The maximum absolute atomic E-state index is 13.3. The Bertz CT molecular complexity index is 919. The van der Waals surface area contributed by atoms with Gasteiger partial charge in [-0.3, -0.25) is 0 Å². The number of hydrogen-bond donors (Lipinski definition) is 0. The number of nitrogens with zero attached hydrogens (tertiary/aromatic N) is 2. The van der Waals surface area contributed by atoms with Gasteiger partial charge in [0.25, 0.3) is 0 Å². The maximum atomic E-state index is 13.3. The average Bonchev–Trinajstić information content (AvgIpc) is 3.15.